The zero-order valence-corrected chi connectivity index (χ0v) is 24.3. The molecule has 0 saturated heterocycles. The molecular weight excluding hydrogens is 566 g/mol. The Kier molecular flexibility index (Phi) is 13.0. The van der Waals surface area contributed by atoms with E-state index in [1.807, 2.05) is 13.8 Å². The van der Waals surface area contributed by atoms with Gasteiger partial charge in [-0.2, -0.15) is 13.2 Å². The number of carbonyl (C=O) groups excluding carboxylic acids is 1. The second-order valence-corrected chi connectivity index (χ2v) is 12.0. The number of ether oxygens (including phenoxy) is 1. The van der Waals surface area contributed by atoms with Crippen LogP contribution in [-0.2, 0) is 34.0 Å². The maximum Gasteiger partial charge on any atom is 0.416 e. The van der Waals surface area contributed by atoms with Crippen molar-refractivity contribution in [1.82, 2.24) is 9.21 Å². The van der Waals surface area contributed by atoms with Gasteiger partial charge in [0.1, 0.15) is 11.6 Å². The lowest BCUT2D eigenvalue weighted by atomic mass is 9.99. The van der Waals surface area contributed by atoms with Gasteiger partial charge in [0.05, 0.1) is 24.5 Å². The minimum absolute atomic E-state index is 0.00825. The van der Waals surface area contributed by atoms with Gasteiger partial charge in [0.15, 0.2) is 0 Å². The Morgan fingerprint density at radius 2 is 1.73 bits per heavy atom. The number of hydrogen-bond donors (Lipinski definition) is 2. The van der Waals surface area contributed by atoms with Crippen molar-refractivity contribution in [3.8, 4) is 5.75 Å². The third kappa shape index (κ3) is 10.9. The Labute approximate surface area is 239 Å². The van der Waals surface area contributed by atoms with Crippen LogP contribution < -0.4 is 10.5 Å². The van der Waals surface area contributed by atoms with Crippen LogP contribution in [0.25, 0.3) is 0 Å². The monoisotopic (exact) mass is 605 g/mol. The van der Waals surface area contributed by atoms with Gasteiger partial charge >= 0.3 is 6.18 Å². The molecular formula is C28H39F4N3O5S. The Hall–Kier alpha value is -2.74. The standard InChI is InChI=1S/C28H39F4N3O5S/c1-4-10-35(11-5-2)41(38,39)12-9-27(37)34(18-20-7-6-8-24(15-20)40-3)19-26(36)25(33)16-21-13-22(28(30,31)32)17-23(29)14-21/h6-8,13-15,17,25-26,36H,4-5,9-12,16,18-19,33H2,1-3H3/t25-,26+/m0/s1. The van der Waals surface area contributed by atoms with Gasteiger partial charge in [-0.05, 0) is 60.7 Å². The minimum Gasteiger partial charge on any atom is -0.497 e. The number of carbonyl (C=O) groups is 1. The highest BCUT2D eigenvalue weighted by atomic mass is 32.2. The van der Waals surface area contributed by atoms with E-state index >= 15 is 0 Å². The number of hydrogen-bond acceptors (Lipinski definition) is 6. The number of sulfonamides is 1. The molecule has 8 nitrogen and oxygen atoms in total. The molecule has 0 aliphatic carbocycles. The average molecular weight is 606 g/mol. The summed E-state index contributed by atoms with van der Waals surface area (Å²) in [6.07, 6.45) is -5.57. The summed E-state index contributed by atoms with van der Waals surface area (Å²) in [6, 6.07) is 7.71. The molecule has 0 spiro atoms. The Bertz CT molecular complexity index is 1240. The Morgan fingerprint density at radius 1 is 1.07 bits per heavy atom. The summed E-state index contributed by atoms with van der Waals surface area (Å²) in [5.74, 6) is -1.55. The van der Waals surface area contributed by atoms with Crippen molar-refractivity contribution >= 4 is 15.9 Å². The van der Waals surface area contributed by atoms with E-state index < -0.39 is 51.4 Å². The third-order valence-electron chi connectivity index (χ3n) is 6.43. The van der Waals surface area contributed by atoms with Gasteiger partial charge in [0.25, 0.3) is 0 Å². The summed E-state index contributed by atoms with van der Waals surface area (Å²) in [4.78, 5) is 14.5. The lowest BCUT2D eigenvalue weighted by Gasteiger charge is -2.29. The molecule has 2 rings (SSSR count). The van der Waals surface area contributed by atoms with Crippen LogP contribution in [0.2, 0.25) is 0 Å². The lowest BCUT2D eigenvalue weighted by Crippen LogP contribution is -2.46. The fraction of sp³-hybridized carbons (Fsp3) is 0.536. The molecule has 2 atom stereocenters. The fourth-order valence-electron chi connectivity index (χ4n) is 4.34. The Balaban J connectivity index is 2.23. The topological polar surface area (TPSA) is 113 Å². The predicted octanol–water partition coefficient (Wildman–Crippen LogP) is 3.95. The number of nitrogens with zero attached hydrogens (tertiary/aromatic N) is 2. The number of nitrogens with two attached hydrogens (primary N) is 1. The number of halogens is 4. The van der Waals surface area contributed by atoms with E-state index in [-0.39, 0.29) is 31.5 Å². The lowest BCUT2D eigenvalue weighted by molar-refractivity contribution is -0.138. The number of methoxy groups -OCH3 is 1. The van der Waals surface area contributed by atoms with E-state index in [0.717, 1.165) is 12.1 Å². The van der Waals surface area contributed by atoms with E-state index in [1.54, 1.807) is 24.3 Å². The molecule has 0 unspecified atom stereocenters. The first-order chi connectivity index (χ1) is 19.2. The zero-order chi connectivity index (χ0) is 30.8. The number of amides is 1. The number of rotatable bonds is 16. The molecule has 0 heterocycles. The first-order valence-corrected chi connectivity index (χ1v) is 15.0. The molecule has 3 N–H and O–H groups in total. The molecule has 0 bridgehead atoms. The van der Waals surface area contributed by atoms with Gasteiger partial charge in [-0.1, -0.05) is 26.0 Å². The van der Waals surface area contributed by atoms with Crippen LogP contribution in [-0.4, -0.2) is 73.3 Å². The summed E-state index contributed by atoms with van der Waals surface area (Å²) >= 11 is 0. The van der Waals surface area contributed by atoms with E-state index in [4.69, 9.17) is 10.5 Å². The molecule has 0 saturated carbocycles. The quantitative estimate of drug-likeness (QED) is 0.280. The van der Waals surface area contributed by atoms with Crippen LogP contribution in [0.15, 0.2) is 42.5 Å². The van der Waals surface area contributed by atoms with Crippen LogP contribution in [0.3, 0.4) is 0 Å². The first kappa shape index (κ1) is 34.5. The predicted molar refractivity (Wildman–Crippen MR) is 148 cm³/mol. The maximum absolute atomic E-state index is 13.8. The molecule has 13 heteroatoms. The Morgan fingerprint density at radius 3 is 2.32 bits per heavy atom. The molecule has 0 radical (unpaired) electrons. The molecule has 0 fully saturated rings. The van der Waals surface area contributed by atoms with E-state index in [2.05, 4.69) is 0 Å². The highest BCUT2D eigenvalue weighted by molar-refractivity contribution is 7.89. The van der Waals surface area contributed by atoms with Crippen molar-refractivity contribution in [2.24, 2.45) is 5.73 Å². The van der Waals surface area contributed by atoms with E-state index in [1.165, 1.54) is 16.3 Å². The fourth-order valence-corrected chi connectivity index (χ4v) is 5.95. The first-order valence-electron chi connectivity index (χ1n) is 13.4. The minimum atomic E-state index is -4.76. The van der Waals surface area contributed by atoms with Crippen molar-refractivity contribution in [3.05, 3.63) is 65.0 Å². The largest absolute Gasteiger partial charge is 0.497 e. The SMILES string of the molecule is CCCN(CCC)S(=O)(=O)CCC(=O)N(Cc1cccc(OC)c1)C[C@@H](O)[C@@H](N)Cc1cc(F)cc(C(F)(F)F)c1. The highest BCUT2D eigenvalue weighted by Gasteiger charge is 2.32. The van der Waals surface area contributed by atoms with Crippen LogP contribution in [0, 0.1) is 5.82 Å². The van der Waals surface area contributed by atoms with Crippen molar-refractivity contribution in [3.63, 3.8) is 0 Å². The normalized spacial score (nSPS) is 13.7. The van der Waals surface area contributed by atoms with Gasteiger partial charge in [-0.15, -0.1) is 0 Å². The summed E-state index contributed by atoms with van der Waals surface area (Å²) in [5, 5.41) is 10.8. The molecule has 0 aromatic heterocycles. The molecule has 0 aliphatic rings. The van der Waals surface area contributed by atoms with Gasteiger partial charge in [0, 0.05) is 38.6 Å². The van der Waals surface area contributed by atoms with Crippen molar-refractivity contribution in [2.75, 3.05) is 32.5 Å². The second kappa shape index (κ2) is 15.5. The van der Waals surface area contributed by atoms with Crippen LogP contribution in [0.5, 0.6) is 5.75 Å². The number of aliphatic hydroxyl groups excluding tert-OH is 1. The van der Waals surface area contributed by atoms with E-state index in [0.29, 0.717) is 43.3 Å². The summed E-state index contributed by atoms with van der Waals surface area (Å²) in [6.45, 7) is 4.05. The molecule has 2 aromatic rings. The summed E-state index contributed by atoms with van der Waals surface area (Å²) < 4.78 is 85.6. The highest BCUT2D eigenvalue weighted by Crippen LogP contribution is 2.30. The molecule has 230 valence electrons. The maximum atomic E-state index is 13.8. The molecule has 0 aliphatic heterocycles. The van der Waals surface area contributed by atoms with Gasteiger partial charge in [0.2, 0.25) is 15.9 Å². The van der Waals surface area contributed by atoms with Gasteiger partial charge < -0.3 is 20.5 Å². The van der Waals surface area contributed by atoms with Crippen LogP contribution >= 0.6 is 0 Å². The van der Waals surface area contributed by atoms with Gasteiger partial charge in [-0.25, -0.2) is 17.1 Å². The molecule has 1 amide bonds. The van der Waals surface area contributed by atoms with E-state index in [9.17, 15) is 35.9 Å². The number of alkyl halides is 3. The van der Waals surface area contributed by atoms with Crippen molar-refractivity contribution < 1.29 is 40.6 Å². The van der Waals surface area contributed by atoms with Crippen LogP contribution in [0.4, 0.5) is 17.6 Å². The number of benzene rings is 2. The van der Waals surface area contributed by atoms with Crippen molar-refractivity contribution in [1.29, 1.82) is 0 Å². The average Bonchev–Trinajstić information content (AvgIpc) is 2.90. The zero-order valence-electron chi connectivity index (χ0n) is 23.5. The molecule has 41 heavy (non-hydrogen) atoms. The number of aliphatic hydroxyl groups is 1. The second-order valence-electron chi connectivity index (χ2n) is 9.87. The smallest absolute Gasteiger partial charge is 0.416 e. The van der Waals surface area contributed by atoms with Gasteiger partial charge in [-0.3, -0.25) is 4.79 Å². The summed E-state index contributed by atoms with van der Waals surface area (Å²) in [7, 11) is -2.24. The van der Waals surface area contributed by atoms with Crippen molar-refractivity contribution in [2.45, 2.75) is 64.4 Å². The molecule has 2 aromatic carbocycles. The van der Waals surface area contributed by atoms with Crippen LogP contribution in [0.1, 0.15) is 49.8 Å². The summed E-state index contributed by atoms with van der Waals surface area (Å²) in [5.41, 5.74) is 5.48. The third-order valence-corrected chi connectivity index (χ3v) is 8.30.